The van der Waals surface area contributed by atoms with Crippen LogP contribution in [0.15, 0.2) is 22.7 Å². The predicted octanol–water partition coefficient (Wildman–Crippen LogP) is 3.65. The Labute approximate surface area is 137 Å². The number of ether oxygens (including phenoxy) is 2. The van der Waals surface area contributed by atoms with Gasteiger partial charge in [0, 0.05) is 29.8 Å². The molecule has 2 aromatic rings. The lowest BCUT2D eigenvalue weighted by Crippen LogP contribution is -2.23. The number of hydrogen-bond acceptors (Lipinski definition) is 5. The first-order valence-corrected chi connectivity index (χ1v) is 8.01. The summed E-state index contributed by atoms with van der Waals surface area (Å²) in [4.78, 5) is 2.48. The third-order valence-electron chi connectivity index (χ3n) is 4.65. The molecule has 23 heavy (non-hydrogen) atoms. The van der Waals surface area contributed by atoms with Crippen LogP contribution < -0.4 is 9.47 Å². The first-order valence-electron chi connectivity index (χ1n) is 8.01. The summed E-state index contributed by atoms with van der Waals surface area (Å²) in [6, 6.07) is 6.38. The van der Waals surface area contributed by atoms with Crippen molar-refractivity contribution in [2.24, 2.45) is 0 Å². The van der Waals surface area contributed by atoms with E-state index in [1.807, 2.05) is 26.0 Å². The fourth-order valence-electron chi connectivity index (χ4n) is 3.51. The van der Waals surface area contributed by atoms with Crippen molar-refractivity contribution in [1.29, 1.82) is 0 Å². The van der Waals surface area contributed by atoms with Crippen molar-refractivity contribution in [3.63, 3.8) is 0 Å². The lowest BCUT2D eigenvalue weighted by molar-refractivity contribution is 0.241. The number of nitrogens with zero attached hydrogens (tertiary/aromatic N) is 2. The zero-order valence-electron chi connectivity index (χ0n) is 14.3. The highest BCUT2D eigenvalue weighted by Gasteiger charge is 2.31. The highest BCUT2D eigenvalue weighted by Crippen LogP contribution is 2.37. The van der Waals surface area contributed by atoms with Gasteiger partial charge in [0.15, 0.2) is 0 Å². The molecule has 0 radical (unpaired) electrons. The fraction of sp³-hybridized carbons (Fsp3) is 0.500. The molecule has 5 nitrogen and oxygen atoms in total. The third kappa shape index (κ3) is 3.06. The molecule has 1 saturated heterocycles. The van der Waals surface area contributed by atoms with E-state index in [-0.39, 0.29) is 0 Å². The summed E-state index contributed by atoms with van der Waals surface area (Å²) in [5, 5.41) is 4.12. The molecule has 1 aliphatic heterocycles. The molecule has 0 saturated carbocycles. The Morgan fingerprint density at radius 2 is 2.09 bits per heavy atom. The van der Waals surface area contributed by atoms with Crippen LogP contribution in [-0.4, -0.2) is 30.8 Å². The number of aryl methyl sites for hydroxylation is 2. The summed E-state index contributed by atoms with van der Waals surface area (Å²) < 4.78 is 16.2. The maximum Gasteiger partial charge on any atom is 0.138 e. The van der Waals surface area contributed by atoms with Crippen molar-refractivity contribution in [1.82, 2.24) is 10.1 Å². The lowest BCUT2D eigenvalue weighted by atomic mass is 10.0. The van der Waals surface area contributed by atoms with E-state index in [1.165, 1.54) is 17.5 Å². The molecule has 1 unspecified atom stereocenters. The van der Waals surface area contributed by atoms with Crippen LogP contribution in [-0.2, 0) is 6.54 Å². The molecule has 1 atom stereocenters. The van der Waals surface area contributed by atoms with Gasteiger partial charge in [-0.25, -0.2) is 0 Å². The predicted molar refractivity (Wildman–Crippen MR) is 87.9 cm³/mol. The second-order valence-corrected chi connectivity index (χ2v) is 6.04. The summed E-state index contributed by atoms with van der Waals surface area (Å²) in [5.74, 6) is 2.61. The molecule has 5 heteroatoms. The summed E-state index contributed by atoms with van der Waals surface area (Å²) >= 11 is 0. The minimum atomic E-state index is 0.369. The topological polar surface area (TPSA) is 47.7 Å². The van der Waals surface area contributed by atoms with E-state index in [9.17, 15) is 0 Å². The molecule has 124 valence electrons. The molecule has 0 N–H and O–H groups in total. The zero-order valence-corrected chi connectivity index (χ0v) is 14.3. The largest absolute Gasteiger partial charge is 0.497 e. The van der Waals surface area contributed by atoms with Crippen molar-refractivity contribution in [3.05, 3.63) is 40.8 Å². The molecular weight excluding hydrogens is 292 g/mol. The van der Waals surface area contributed by atoms with E-state index in [0.29, 0.717) is 6.04 Å². The van der Waals surface area contributed by atoms with Crippen molar-refractivity contribution in [2.75, 3.05) is 20.8 Å². The number of methoxy groups -OCH3 is 2. The lowest BCUT2D eigenvalue weighted by Gasteiger charge is -2.25. The summed E-state index contributed by atoms with van der Waals surface area (Å²) in [5.41, 5.74) is 3.42. The van der Waals surface area contributed by atoms with E-state index >= 15 is 0 Å². The minimum absolute atomic E-state index is 0.369. The average Bonchev–Trinajstić information content (AvgIpc) is 3.14. The Kier molecular flexibility index (Phi) is 4.57. The number of hydrogen-bond donors (Lipinski definition) is 0. The first kappa shape index (κ1) is 15.9. The van der Waals surface area contributed by atoms with Crippen molar-refractivity contribution < 1.29 is 14.0 Å². The SMILES string of the molecule is COc1ccc(CN2CCCC2c2c(C)noc2C)c(OC)c1. The molecule has 0 bridgehead atoms. The number of benzene rings is 1. The summed E-state index contributed by atoms with van der Waals surface area (Å²) in [6.07, 6.45) is 2.33. The second-order valence-electron chi connectivity index (χ2n) is 6.04. The molecule has 1 aromatic heterocycles. The molecule has 0 aliphatic carbocycles. The maximum absolute atomic E-state index is 5.53. The van der Waals surface area contributed by atoms with Crippen LogP contribution in [0.3, 0.4) is 0 Å². The highest BCUT2D eigenvalue weighted by molar-refractivity contribution is 5.41. The van der Waals surface area contributed by atoms with Crippen molar-refractivity contribution in [3.8, 4) is 11.5 Å². The Morgan fingerprint density at radius 3 is 2.74 bits per heavy atom. The summed E-state index contributed by atoms with van der Waals surface area (Å²) in [6.45, 7) is 5.95. The van der Waals surface area contributed by atoms with E-state index in [2.05, 4.69) is 16.1 Å². The Morgan fingerprint density at radius 1 is 1.26 bits per heavy atom. The van der Waals surface area contributed by atoms with Gasteiger partial charge in [0.25, 0.3) is 0 Å². The van der Waals surface area contributed by atoms with Crippen LogP contribution in [0, 0.1) is 13.8 Å². The van der Waals surface area contributed by atoms with Gasteiger partial charge < -0.3 is 14.0 Å². The van der Waals surface area contributed by atoms with Gasteiger partial charge in [-0.1, -0.05) is 11.2 Å². The van der Waals surface area contributed by atoms with Gasteiger partial charge in [-0.05, 0) is 39.3 Å². The van der Waals surface area contributed by atoms with E-state index in [1.54, 1.807) is 14.2 Å². The maximum atomic E-state index is 5.53. The fourth-order valence-corrected chi connectivity index (χ4v) is 3.51. The molecule has 3 rings (SSSR count). The first-order chi connectivity index (χ1) is 11.1. The quantitative estimate of drug-likeness (QED) is 0.842. The van der Waals surface area contributed by atoms with E-state index in [0.717, 1.165) is 42.5 Å². The van der Waals surface area contributed by atoms with Crippen LogP contribution in [0.5, 0.6) is 11.5 Å². The van der Waals surface area contributed by atoms with Gasteiger partial charge in [0.05, 0.1) is 19.9 Å². The average molecular weight is 316 g/mol. The molecule has 1 aromatic carbocycles. The minimum Gasteiger partial charge on any atom is -0.497 e. The van der Waals surface area contributed by atoms with E-state index in [4.69, 9.17) is 14.0 Å². The van der Waals surface area contributed by atoms with E-state index < -0.39 is 0 Å². The molecule has 0 spiro atoms. The number of likely N-dealkylation sites (tertiary alicyclic amines) is 1. The van der Waals surface area contributed by atoms with Gasteiger partial charge in [0.1, 0.15) is 17.3 Å². The number of rotatable bonds is 5. The third-order valence-corrected chi connectivity index (χ3v) is 4.65. The van der Waals surface area contributed by atoms with Gasteiger partial charge in [-0.15, -0.1) is 0 Å². The van der Waals surface area contributed by atoms with Gasteiger partial charge in [-0.2, -0.15) is 0 Å². The monoisotopic (exact) mass is 316 g/mol. The number of aromatic nitrogens is 1. The Balaban J connectivity index is 1.85. The van der Waals surface area contributed by atoms with Gasteiger partial charge >= 0.3 is 0 Å². The molecule has 1 aliphatic rings. The van der Waals surface area contributed by atoms with Gasteiger partial charge in [0.2, 0.25) is 0 Å². The Hall–Kier alpha value is -2.01. The normalized spacial score (nSPS) is 18.3. The van der Waals surface area contributed by atoms with Crippen LogP contribution in [0.4, 0.5) is 0 Å². The van der Waals surface area contributed by atoms with Crippen LogP contribution in [0.2, 0.25) is 0 Å². The van der Waals surface area contributed by atoms with Crippen molar-refractivity contribution in [2.45, 2.75) is 39.3 Å². The molecule has 2 heterocycles. The highest BCUT2D eigenvalue weighted by atomic mass is 16.5. The molecule has 1 fully saturated rings. The van der Waals surface area contributed by atoms with Crippen LogP contribution in [0.25, 0.3) is 0 Å². The molecule has 0 amide bonds. The zero-order chi connectivity index (χ0) is 16.4. The summed E-state index contributed by atoms with van der Waals surface area (Å²) in [7, 11) is 3.37. The second kappa shape index (κ2) is 6.62. The van der Waals surface area contributed by atoms with Crippen LogP contribution in [0.1, 0.15) is 41.5 Å². The standard InChI is InChI=1S/C18H24N2O3/c1-12-18(13(2)23-19-12)16-6-5-9-20(16)11-14-7-8-15(21-3)10-17(14)22-4/h7-8,10,16H,5-6,9,11H2,1-4H3. The smallest absolute Gasteiger partial charge is 0.138 e. The Bertz CT molecular complexity index is 661. The van der Waals surface area contributed by atoms with Crippen LogP contribution >= 0.6 is 0 Å². The molecular formula is C18H24N2O3. The van der Waals surface area contributed by atoms with Crippen molar-refractivity contribution >= 4 is 0 Å². The van der Waals surface area contributed by atoms with Gasteiger partial charge in [-0.3, -0.25) is 4.90 Å².